The van der Waals surface area contributed by atoms with Gasteiger partial charge in [0.25, 0.3) is 0 Å². The second-order valence-corrected chi connectivity index (χ2v) is 4.27. The first-order valence-electron chi connectivity index (χ1n) is 4.80. The van der Waals surface area contributed by atoms with Crippen molar-refractivity contribution < 1.29 is 9.47 Å². The zero-order valence-corrected chi connectivity index (χ0v) is 8.76. The number of hydrogen-bond acceptors (Lipinski definition) is 2. The molecule has 0 aromatic carbocycles. The molecule has 1 heterocycles. The molecule has 1 aliphatic rings. The maximum atomic E-state index is 5.85. The number of hydrogen-bond donors (Lipinski definition) is 0. The SMILES string of the molecule is CC(C)C1(C(C)C)OC[C@H](C)O1. The van der Waals surface area contributed by atoms with Crippen LogP contribution in [-0.4, -0.2) is 18.5 Å². The van der Waals surface area contributed by atoms with Gasteiger partial charge in [-0.15, -0.1) is 0 Å². The van der Waals surface area contributed by atoms with Crippen molar-refractivity contribution in [1.29, 1.82) is 0 Å². The molecule has 0 spiro atoms. The van der Waals surface area contributed by atoms with E-state index in [1.807, 2.05) is 0 Å². The van der Waals surface area contributed by atoms with E-state index in [0.717, 1.165) is 6.61 Å². The van der Waals surface area contributed by atoms with Crippen LogP contribution >= 0.6 is 0 Å². The molecule has 0 N–H and O–H groups in total. The molecule has 0 aliphatic carbocycles. The largest absolute Gasteiger partial charge is 0.347 e. The molecule has 0 aromatic heterocycles. The first-order valence-corrected chi connectivity index (χ1v) is 4.80. The van der Waals surface area contributed by atoms with Crippen molar-refractivity contribution in [2.24, 2.45) is 11.8 Å². The highest BCUT2D eigenvalue weighted by Gasteiger charge is 2.45. The van der Waals surface area contributed by atoms with Gasteiger partial charge in [0, 0.05) is 11.8 Å². The molecule has 0 aromatic rings. The van der Waals surface area contributed by atoms with Crippen LogP contribution in [0.5, 0.6) is 0 Å². The van der Waals surface area contributed by atoms with Crippen LogP contribution in [-0.2, 0) is 9.47 Å². The Morgan fingerprint density at radius 3 is 1.83 bits per heavy atom. The van der Waals surface area contributed by atoms with Gasteiger partial charge < -0.3 is 9.47 Å². The zero-order valence-electron chi connectivity index (χ0n) is 8.76. The average Bonchev–Trinajstić information content (AvgIpc) is 2.32. The van der Waals surface area contributed by atoms with E-state index < -0.39 is 0 Å². The summed E-state index contributed by atoms with van der Waals surface area (Å²) in [6.45, 7) is 11.4. The summed E-state index contributed by atoms with van der Waals surface area (Å²) in [5.41, 5.74) is 0. The van der Waals surface area contributed by atoms with Gasteiger partial charge in [0.1, 0.15) is 0 Å². The summed E-state index contributed by atoms with van der Waals surface area (Å²) in [5, 5.41) is 0. The van der Waals surface area contributed by atoms with Gasteiger partial charge in [-0.25, -0.2) is 0 Å². The zero-order chi connectivity index (χ0) is 9.35. The smallest absolute Gasteiger partial charge is 0.173 e. The topological polar surface area (TPSA) is 18.5 Å². The Bertz CT molecular complexity index is 144. The van der Waals surface area contributed by atoms with Crippen LogP contribution in [0.25, 0.3) is 0 Å². The molecular weight excluding hydrogens is 152 g/mol. The highest BCUT2D eigenvalue weighted by molar-refractivity contribution is 4.83. The van der Waals surface area contributed by atoms with Gasteiger partial charge in [-0.3, -0.25) is 0 Å². The molecule has 0 radical (unpaired) electrons. The van der Waals surface area contributed by atoms with Crippen molar-refractivity contribution in [1.82, 2.24) is 0 Å². The minimum atomic E-state index is -0.334. The van der Waals surface area contributed by atoms with Crippen LogP contribution in [0.15, 0.2) is 0 Å². The molecule has 0 bridgehead atoms. The van der Waals surface area contributed by atoms with E-state index in [-0.39, 0.29) is 11.9 Å². The quantitative estimate of drug-likeness (QED) is 0.637. The van der Waals surface area contributed by atoms with Gasteiger partial charge in [0.05, 0.1) is 12.7 Å². The lowest BCUT2D eigenvalue weighted by Gasteiger charge is -2.35. The van der Waals surface area contributed by atoms with E-state index in [1.165, 1.54) is 0 Å². The highest BCUT2D eigenvalue weighted by Crippen LogP contribution is 2.37. The molecule has 0 unspecified atom stereocenters. The van der Waals surface area contributed by atoms with Gasteiger partial charge in [-0.1, -0.05) is 27.7 Å². The molecule has 0 amide bonds. The summed E-state index contributed by atoms with van der Waals surface area (Å²) in [6.07, 6.45) is 0.245. The molecule has 2 nitrogen and oxygen atoms in total. The minimum absolute atomic E-state index is 0.245. The summed E-state index contributed by atoms with van der Waals surface area (Å²) >= 11 is 0. The Balaban J connectivity index is 2.75. The van der Waals surface area contributed by atoms with Gasteiger partial charge in [-0.05, 0) is 6.92 Å². The van der Waals surface area contributed by atoms with Crippen LogP contribution in [0.4, 0.5) is 0 Å². The Kier molecular flexibility index (Phi) is 2.79. The first kappa shape index (κ1) is 10.0. The van der Waals surface area contributed by atoms with Crippen LogP contribution < -0.4 is 0 Å². The van der Waals surface area contributed by atoms with Crippen LogP contribution in [0.1, 0.15) is 34.6 Å². The Hall–Kier alpha value is -0.0800. The molecule has 1 rings (SSSR count). The van der Waals surface area contributed by atoms with Gasteiger partial charge >= 0.3 is 0 Å². The molecule has 0 saturated carbocycles. The molecule has 2 heteroatoms. The summed E-state index contributed by atoms with van der Waals surface area (Å²) in [4.78, 5) is 0. The monoisotopic (exact) mass is 172 g/mol. The second-order valence-electron chi connectivity index (χ2n) is 4.27. The van der Waals surface area contributed by atoms with E-state index in [4.69, 9.17) is 9.47 Å². The maximum absolute atomic E-state index is 5.85. The maximum Gasteiger partial charge on any atom is 0.173 e. The summed E-state index contributed by atoms with van der Waals surface area (Å²) in [5.74, 6) is 0.504. The normalized spacial score (nSPS) is 28.8. The Morgan fingerprint density at radius 2 is 1.67 bits per heavy atom. The predicted octanol–water partition coefficient (Wildman–Crippen LogP) is 2.43. The van der Waals surface area contributed by atoms with Crippen LogP contribution in [0.2, 0.25) is 0 Å². The van der Waals surface area contributed by atoms with Crippen LogP contribution in [0.3, 0.4) is 0 Å². The standard InChI is InChI=1S/C10H20O2/c1-7(2)10(8(3)4)11-6-9(5)12-10/h7-9H,6H2,1-5H3/t9-/m0/s1. The summed E-state index contributed by atoms with van der Waals surface area (Å²) in [6, 6.07) is 0. The van der Waals surface area contributed by atoms with E-state index in [2.05, 4.69) is 34.6 Å². The fraction of sp³-hybridized carbons (Fsp3) is 1.00. The third kappa shape index (κ3) is 1.50. The first-order chi connectivity index (χ1) is 5.49. The van der Waals surface area contributed by atoms with Crippen molar-refractivity contribution in [2.45, 2.75) is 46.5 Å². The summed E-state index contributed by atoms with van der Waals surface area (Å²) < 4.78 is 11.6. The fourth-order valence-corrected chi connectivity index (χ4v) is 1.90. The lowest BCUT2D eigenvalue weighted by Crippen LogP contribution is -2.42. The lowest BCUT2D eigenvalue weighted by molar-refractivity contribution is -0.224. The average molecular weight is 172 g/mol. The van der Waals surface area contributed by atoms with Crippen molar-refractivity contribution in [2.75, 3.05) is 6.61 Å². The molecular formula is C10H20O2. The Morgan fingerprint density at radius 1 is 1.17 bits per heavy atom. The van der Waals surface area contributed by atoms with Gasteiger partial charge in [0.15, 0.2) is 5.79 Å². The Labute approximate surface area is 75.2 Å². The number of ether oxygens (including phenoxy) is 2. The second kappa shape index (κ2) is 3.35. The van der Waals surface area contributed by atoms with E-state index >= 15 is 0 Å². The third-order valence-corrected chi connectivity index (χ3v) is 2.54. The van der Waals surface area contributed by atoms with Crippen molar-refractivity contribution in [3.05, 3.63) is 0 Å². The minimum Gasteiger partial charge on any atom is -0.347 e. The number of rotatable bonds is 2. The van der Waals surface area contributed by atoms with Crippen molar-refractivity contribution >= 4 is 0 Å². The van der Waals surface area contributed by atoms with Crippen molar-refractivity contribution in [3.63, 3.8) is 0 Å². The molecule has 1 atom stereocenters. The predicted molar refractivity (Wildman–Crippen MR) is 48.9 cm³/mol. The molecule has 1 aliphatic heterocycles. The third-order valence-electron chi connectivity index (χ3n) is 2.54. The molecule has 1 fully saturated rings. The van der Waals surface area contributed by atoms with E-state index in [9.17, 15) is 0 Å². The van der Waals surface area contributed by atoms with E-state index in [0.29, 0.717) is 11.8 Å². The van der Waals surface area contributed by atoms with Gasteiger partial charge in [0.2, 0.25) is 0 Å². The molecule has 1 saturated heterocycles. The molecule has 12 heavy (non-hydrogen) atoms. The summed E-state index contributed by atoms with van der Waals surface area (Å²) in [7, 11) is 0. The molecule has 72 valence electrons. The van der Waals surface area contributed by atoms with Gasteiger partial charge in [-0.2, -0.15) is 0 Å². The highest BCUT2D eigenvalue weighted by atomic mass is 16.7. The van der Waals surface area contributed by atoms with E-state index in [1.54, 1.807) is 0 Å². The lowest BCUT2D eigenvalue weighted by atomic mass is 9.91. The van der Waals surface area contributed by atoms with Crippen LogP contribution in [0, 0.1) is 11.8 Å². The van der Waals surface area contributed by atoms with Crippen molar-refractivity contribution in [3.8, 4) is 0 Å². The fourth-order valence-electron chi connectivity index (χ4n) is 1.90.